The molecule has 0 aliphatic carbocycles. The Hall–Kier alpha value is -0.650. The molecule has 17 heavy (non-hydrogen) atoms. The van der Waals surface area contributed by atoms with Crippen molar-refractivity contribution in [2.24, 2.45) is 0 Å². The van der Waals surface area contributed by atoms with Gasteiger partial charge in [0.2, 0.25) is 5.91 Å². The third kappa shape index (κ3) is 9.09. The number of ether oxygens (including phenoxy) is 1. The van der Waals surface area contributed by atoms with Gasteiger partial charge in [0, 0.05) is 20.6 Å². The Balaban J connectivity index is 3.88. The molecule has 0 heterocycles. The first-order valence-corrected chi connectivity index (χ1v) is 5.82. The first-order chi connectivity index (χ1) is 7.61. The summed E-state index contributed by atoms with van der Waals surface area (Å²) < 4.78 is 5.47. The zero-order valence-corrected chi connectivity index (χ0v) is 11.9. The van der Waals surface area contributed by atoms with Crippen LogP contribution in [0.4, 0.5) is 0 Å². The summed E-state index contributed by atoms with van der Waals surface area (Å²) >= 11 is 0. The van der Waals surface area contributed by atoms with Crippen molar-refractivity contribution in [3.8, 4) is 0 Å². The number of rotatable bonds is 6. The highest BCUT2D eigenvalue weighted by atomic mass is 16.5. The van der Waals surface area contributed by atoms with Crippen LogP contribution in [-0.2, 0) is 9.53 Å². The average molecular weight is 246 g/mol. The standard InChI is InChI=1S/C12H26N2O3/c1-12(2,3)17-9-10(15)7-14(6)8-11(16)13(4)5/h10,15H,7-9H2,1-6H3. The minimum Gasteiger partial charge on any atom is -0.389 e. The normalized spacial score (nSPS) is 13.9. The second-order valence-corrected chi connectivity index (χ2v) is 5.56. The molecule has 1 atom stereocenters. The molecule has 0 aromatic carbocycles. The molecule has 5 heteroatoms. The Morgan fingerprint density at radius 1 is 1.29 bits per heavy atom. The maximum atomic E-state index is 11.4. The van der Waals surface area contributed by atoms with Crippen LogP contribution in [0.1, 0.15) is 20.8 Å². The van der Waals surface area contributed by atoms with E-state index in [2.05, 4.69) is 0 Å². The van der Waals surface area contributed by atoms with E-state index in [-0.39, 0.29) is 18.1 Å². The third-order valence-corrected chi connectivity index (χ3v) is 2.14. The molecular formula is C12H26N2O3. The number of amides is 1. The topological polar surface area (TPSA) is 53.0 Å². The molecule has 0 bridgehead atoms. The summed E-state index contributed by atoms with van der Waals surface area (Å²) in [5.74, 6) is 0.0245. The molecule has 1 unspecified atom stereocenters. The largest absolute Gasteiger partial charge is 0.389 e. The number of hydrogen-bond donors (Lipinski definition) is 1. The fourth-order valence-electron chi connectivity index (χ4n) is 1.20. The minimum atomic E-state index is -0.575. The molecule has 0 aliphatic heterocycles. The number of nitrogens with zero attached hydrogens (tertiary/aromatic N) is 2. The first kappa shape index (κ1) is 16.4. The van der Waals surface area contributed by atoms with Gasteiger partial charge in [0.1, 0.15) is 0 Å². The molecule has 102 valence electrons. The lowest BCUT2D eigenvalue weighted by Crippen LogP contribution is -2.40. The fraction of sp³-hybridized carbons (Fsp3) is 0.917. The van der Waals surface area contributed by atoms with Crippen LogP contribution in [0.25, 0.3) is 0 Å². The van der Waals surface area contributed by atoms with Gasteiger partial charge in [-0.25, -0.2) is 0 Å². The summed E-state index contributed by atoms with van der Waals surface area (Å²) in [6.45, 7) is 6.84. The number of carbonyl (C=O) groups excluding carboxylic acids is 1. The van der Waals surface area contributed by atoms with Gasteiger partial charge in [0.05, 0.1) is 24.9 Å². The number of carbonyl (C=O) groups is 1. The van der Waals surface area contributed by atoms with Gasteiger partial charge in [-0.1, -0.05) is 0 Å². The Morgan fingerprint density at radius 2 is 1.82 bits per heavy atom. The van der Waals surface area contributed by atoms with Crippen LogP contribution in [-0.4, -0.2) is 73.4 Å². The maximum Gasteiger partial charge on any atom is 0.236 e. The number of aliphatic hydroxyl groups is 1. The smallest absolute Gasteiger partial charge is 0.236 e. The number of hydrogen-bond acceptors (Lipinski definition) is 4. The molecule has 1 N–H and O–H groups in total. The van der Waals surface area contributed by atoms with Gasteiger partial charge in [-0.05, 0) is 27.8 Å². The molecule has 1 amide bonds. The van der Waals surface area contributed by atoms with E-state index in [0.717, 1.165) is 0 Å². The van der Waals surface area contributed by atoms with Crippen molar-refractivity contribution >= 4 is 5.91 Å². The van der Waals surface area contributed by atoms with E-state index in [1.807, 2.05) is 27.8 Å². The SMILES string of the molecule is CN(CC(=O)N(C)C)CC(O)COC(C)(C)C. The van der Waals surface area contributed by atoms with Crippen LogP contribution in [0.3, 0.4) is 0 Å². The highest BCUT2D eigenvalue weighted by Gasteiger charge is 2.16. The molecule has 0 rings (SSSR count). The molecule has 0 aliphatic rings. The Labute approximate surface area is 104 Å². The summed E-state index contributed by atoms with van der Waals surface area (Å²) in [5, 5.41) is 9.74. The molecule has 0 aromatic rings. The van der Waals surface area contributed by atoms with Crippen LogP contribution in [0, 0.1) is 0 Å². The van der Waals surface area contributed by atoms with Crippen molar-refractivity contribution in [2.75, 3.05) is 40.8 Å². The van der Waals surface area contributed by atoms with Gasteiger partial charge in [0.15, 0.2) is 0 Å². The molecular weight excluding hydrogens is 220 g/mol. The zero-order chi connectivity index (χ0) is 13.6. The van der Waals surface area contributed by atoms with Crippen molar-refractivity contribution < 1.29 is 14.6 Å². The lowest BCUT2D eigenvalue weighted by molar-refractivity contribution is -0.130. The van der Waals surface area contributed by atoms with Gasteiger partial charge >= 0.3 is 0 Å². The third-order valence-electron chi connectivity index (χ3n) is 2.14. The predicted octanol–water partition coefficient (Wildman–Crippen LogP) is 0.182. The highest BCUT2D eigenvalue weighted by molar-refractivity contribution is 5.77. The van der Waals surface area contributed by atoms with E-state index in [1.54, 1.807) is 19.0 Å². The lowest BCUT2D eigenvalue weighted by Gasteiger charge is -2.25. The fourth-order valence-corrected chi connectivity index (χ4v) is 1.20. The van der Waals surface area contributed by atoms with E-state index in [1.165, 1.54) is 4.90 Å². The van der Waals surface area contributed by atoms with Crippen molar-refractivity contribution in [3.05, 3.63) is 0 Å². The summed E-state index contributed by atoms with van der Waals surface area (Å²) in [4.78, 5) is 14.8. The quantitative estimate of drug-likeness (QED) is 0.726. The molecule has 0 fully saturated rings. The van der Waals surface area contributed by atoms with Crippen LogP contribution >= 0.6 is 0 Å². The van der Waals surface area contributed by atoms with E-state index >= 15 is 0 Å². The van der Waals surface area contributed by atoms with Gasteiger partial charge in [-0.15, -0.1) is 0 Å². The predicted molar refractivity (Wildman–Crippen MR) is 67.9 cm³/mol. The first-order valence-electron chi connectivity index (χ1n) is 5.82. The van der Waals surface area contributed by atoms with E-state index < -0.39 is 6.10 Å². The van der Waals surface area contributed by atoms with Gasteiger partial charge in [0.25, 0.3) is 0 Å². The Kier molecular flexibility index (Phi) is 6.67. The number of likely N-dealkylation sites (N-methyl/N-ethyl adjacent to an activating group) is 2. The maximum absolute atomic E-state index is 11.4. The van der Waals surface area contributed by atoms with Gasteiger partial charge in [-0.2, -0.15) is 0 Å². The summed E-state index contributed by atoms with van der Waals surface area (Å²) in [6, 6.07) is 0. The second-order valence-electron chi connectivity index (χ2n) is 5.56. The molecule has 0 saturated heterocycles. The second kappa shape index (κ2) is 6.93. The minimum absolute atomic E-state index is 0.0245. The van der Waals surface area contributed by atoms with Gasteiger partial charge in [-0.3, -0.25) is 9.69 Å². The lowest BCUT2D eigenvalue weighted by atomic mass is 10.2. The van der Waals surface area contributed by atoms with Crippen molar-refractivity contribution in [2.45, 2.75) is 32.5 Å². The van der Waals surface area contributed by atoms with Gasteiger partial charge < -0.3 is 14.7 Å². The van der Waals surface area contributed by atoms with Crippen molar-refractivity contribution in [1.82, 2.24) is 9.80 Å². The molecule has 0 saturated carbocycles. The number of aliphatic hydroxyl groups excluding tert-OH is 1. The molecule has 0 aromatic heterocycles. The van der Waals surface area contributed by atoms with Crippen LogP contribution in [0.5, 0.6) is 0 Å². The highest BCUT2D eigenvalue weighted by Crippen LogP contribution is 2.07. The monoisotopic (exact) mass is 246 g/mol. The van der Waals surface area contributed by atoms with Crippen LogP contribution < -0.4 is 0 Å². The molecule has 0 spiro atoms. The van der Waals surface area contributed by atoms with Crippen LogP contribution in [0.2, 0.25) is 0 Å². The summed E-state index contributed by atoms with van der Waals surface area (Å²) in [6.07, 6.45) is -0.575. The summed E-state index contributed by atoms with van der Waals surface area (Å²) in [7, 11) is 5.24. The van der Waals surface area contributed by atoms with E-state index in [4.69, 9.17) is 4.74 Å². The van der Waals surface area contributed by atoms with Crippen molar-refractivity contribution in [1.29, 1.82) is 0 Å². The Bertz CT molecular complexity index is 236. The molecule has 5 nitrogen and oxygen atoms in total. The van der Waals surface area contributed by atoms with E-state index in [9.17, 15) is 9.90 Å². The Morgan fingerprint density at radius 3 is 2.24 bits per heavy atom. The average Bonchev–Trinajstić information content (AvgIpc) is 2.13. The van der Waals surface area contributed by atoms with Crippen LogP contribution in [0.15, 0.2) is 0 Å². The zero-order valence-electron chi connectivity index (χ0n) is 11.9. The summed E-state index contributed by atoms with van der Waals surface area (Å²) in [5.41, 5.74) is -0.251. The van der Waals surface area contributed by atoms with Crippen molar-refractivity contribution in [3.63, 3.8) is 0 Å². The van der Waals surface area contributed by atoms with E-state index in [0.29, 0.717) is 13.1 Å². The molecule has 0 radical (unpaired) electrons.